The molecule has 0 atom stereocenters. The molecule has 0 unspecified atom stereocenters. The van der Waals surface area contributed by atoms with E-state index in [1.807, 2.05) is 60.7 Å². The summed E-state index contributed by atoms with van der Waals surface area (Å²) in [5.74, 6) is -0.0681. The monoisotopic (exact) mass is 291 g/mol. The van der Waals surface area contributed by atoms with Crippen molar-refractivity contribution in [3.63, 3.8) is 0 Å². The first-order valence-corrected chi connectivity index (χ1v) is 7.19. The fourth-order valence-electron chi connectivity index (χ4n) is 2.40. The molecule has 3 aromatic rings. The number of carbonyl (C=O) groups excluding carboxylic acids is 1. The standard InChI is InChI=1S/C18H17N3O/c22-17(14-21-13-7-12-19-21)20-18(15-8-3-1-4-9-15)16-10-5-2-6-11-16/h1-13,18H,14H2,(H,20,22). The van der Waals surface area contributed by atoms with Gasteiger partial charge in [0, 0.05) is 12.4 Å². The van der Waals surface area contributed by atoms with Gasteiger partial charge in [0.2, 0.25) is 5.91 Å². The lowest BCUT2D eigenvalue weighted by molar-refractivity contribution is -0.122. The molecule has 3 rings (SSSR count). The third kappa shape index (κ3) is 3.41. The van der Waals surface area contributed by atoms with Crippen molar-refractivity contribution in [2.45, 2.75) is 12.6 Å². The Kier molecular flexibility index (Phi) is 4.30. The summed E-state index contributed by atoms with van der Waals surface area (Å²) in [5, 5.41) is 7.15. The van der Waals surface area contributed by atoms with E-state index in [9.17, 15) is 4.79 Å². The van der Waals surface area contributed by atoms with Gasteiger partial charge in [-0.2, -0.15) is 5.10 Å². The molecule has 0 saturated heterocycles. The van der Waals surface area contributed by atoms with Crippen LogP contribution in [0.1, 0.15) is 17.2 Å². The number of nitrogens with zero attached hydrogens (tertiary/aromatic N) is 2. The zero-order valence-electron chi connectivity index (χ0n) is 12.1. The normalized spacial score (nSPS) is 10.6. The predicted octanol–water partition coefficient (Wildman–Crippen LogP) is 2.79. The van der Waals surface area contributed by atoms with Crippen LogP contribution in [0.3, 0.4) is 0 Å². The molecule has 0 spiro atoms. The maximum Gasteiger partial charge on any atom is 0.242 e. The summed E-state index contributed by atoms with van der Waals surface area (Å²) < 4.78 is 1.61. The Hall–Kier alpha value is -2.88. The smallest absolute Gasteiger partial charge is 0.242 e. The Morgan fingerprint density at radius 2 is 1.55 bits per heavy atom. The van der Waals surface area contributed by atoms with Gasteiger partial charge in [0.1, 0.15) is 6.54 Å². The molecule has 0 saturated carbocycles. The average Bonchev–Trinajstić information content (AvgIpc) is 3.07. The van der Waals surface area contributed by atoms with E-state index in [4.69, 9.17) is 0 Å². The largest absolute Gasteiger partial charge is 0.344 e. The van der Waals surface area contributed by atoms with Gasteiger partial charge in [-0.05, 0) is 17.2 Å². The Bertz CT molecular complexity index is 669. The van der Waals surface area contributed by atoms with E-state index < -0.39 is 0 Å². The van der Waals surface area contributed by atoms with E-state index in [1.54, 1.807) is 23.1 Å². The topological polar surface area (TPSA) is 46.9 Å². The number of carbonyl (C=O) groups is 1. The predicted molar refractivity (Wildman–Crippen MR) is 85.1 cm³/mol. The quantitative estimate of drug-likeness (QED) is 0.785. The number of rotatable bonds is 5. The van der Waals surface area contributed by atoms with E-state index in [0.29, 0.717) is 0 Å². The van der Waals surface area contributed by atoms with E-state index in [2.05, 4.69) is 10.4 Å². The molecule has 1 N–H and O–H groups in total. The molecule has 4 nitrogen and oxygen atoms in total. The van der Waals surface area contributed by atoms with Gasteiger partial charge in [0.15, 0.2) is 0 Å². The molecule has 0 aliphatic carbocycles. The van der Waals surface area contributed by atoms with Crippen LogP contribution in [0.25, 0.3) is 0 Å². The Morgan fingerprint density at radius 1 is 0.955 bits per heavy atom. The minimum Gasteiger partial charge on any atom is -0.344 e. The van der Waals surface area contributed by atoms with E-state index in [1.165, 1.54) is 0 Å². The second kappa shape index (κ2) is 6.72. The van der Waals surface area contributed by atoms with Gasteiger partial charge in [-0.1, -0.05) is 60.7 Å². The van der Waals surface area contributed by atoms with Crippen LogP contribution in [-0.2, 0) is 11.3 Å². The molecule has 0 radical (unpaired) electrons. The van der Waals surface area contributed by atoms with E-state index in [-0.39, 0.29) is 18.5 Å². The number of amides is 1. The van der Waals surface area contributed by atoms with E-state index >= 15 is 0 Å². The first kappa shape index (κ1) is 14.1. The summed E-state index contributed by atoms with van der Waals surface area (Å²) in [5.41, 5.74) is 2.12. The first-order chi connectivity index (χ1) is 10.8. The van der Waals surface area contributed by atoms with Gasteiger partial charge in [-0.25, -0.2) is 0 Å². The molecule has 0 fully saturated rings. The molecule has 1 aromatic heterocycles. The molecular formula is C18H17N3O. The molecule has 0 aliphatic heterocycles. The number of benzene rings is 2. The number of hydrogen-bond acceptors (Lipinski definition) is 2. The van der Waals surface area contributed by atoms with Gasteiger partial charge in [-0.3, -0.25) is 9.48 Å². The Morgan fingerprint density at radius 3 is 2.05 bits per heavy atom. The average molecular weight is 291 g/mol. The molecular weight excluding hydrogens is 274 g/mol. The Balaban J connectivity index is 1.81. The van der Waals surface area contributed by atoms with Crippen molar-refractivity contribution in [1.29, 1.82) is 0 Å². The van der Waals surface area contributed by atoms with Gasteiger partial charge in [-0.15, -0.1) is 0 Å². The van der Waals surface area contributed by atoms with E-state index in [0.717, 1.165) is 11.1 Å². The highest BCUT2D eigenvalue weighted by atomic mass is 16.2. The molecule has 0 bridgehead atoms. The first-order valence-electron chi connectivity index (χ1n) is 7.19. The van der Waals surface area contributed by atoms with Gasteiger partial charge >= 0.3 is 0 Å². The molecule has 1 amide bonds. The highest BCUT2D eigenvalue weighted by Gasteiger charge is 2.16. The van der Waals surface area contributed by atoms with Crippen LogP contribution >= 0.6 is 0 Å². The van der Waals surface area contributed by atoms with Crippen molar-refractivity contribution < 1.29 is 4.79 Å². The van der Waals surface area contributed by atoms with Gasteiger partial charge in [0.25, 0.3) is 0 Å². The summed E-state index contributed by atoms with van der Waals surface area (Å²) in [6, 6.07) is 21.6. The second-order valence-corrected chi connectivity index (χ2v) is 5.03. The van der Waals surface area contributed by atoms with Crippen molar-refractivity contribution in [3.05, 3.63) is 90.3 Å². The number of hydrogen-bond donors (Lipinski definition) is 1. The van der Waals surface area contributed by atoms with Crippen LogP contribution in [0.2, 0.25) is 0 Å². The van der Waals surface area contributed by atoms with Crippen LogP contribution in [-0.4, -0.2) is 15.7 Å². The molecule has 110 valence electrons. The number of aromatic nitrogens is 2. The third-order valence-corrected chi connectivity index (χ3v) is 3.44. The van der Waals surface area contributed by atoms with Crippen LogP contribution < -0.4 is 5.32 Å². The minimum atomic E-state index is -0.162. The van der Waals surface area contributed by atoms with Crippen molar-refractivity contribution in [3.8, 4) is 0 Å². The van der Waals surface area contributed by atoms with Crippen molar-refractivity contribution in [1.82, 2.24) is 15.1 Å². The summed E-state index contributed by atoms with van der Waals surface area (Å²) in [7, 11) is 0. The molecule has 2 aromatic carbocycles. The minimum absolute atomic E-state index is 0.0681. The van der Waals surface area contributed by atoms with Crippen molar-refractivity contribution in [2.24, 2.45) is 0 Å². The maximum atomic E-state index is 12.3. The van der Waals surface area contributed by atoms with Crippen LogP contribution in [0.15, 0.2) is 79.1 Å². The molecule has 4 heteroatoms. The summed E-state index contributed by atoms with van der Waals surface area (Å²) in [6.07, 6.45) is 3.44. The van der Waals surface area contributed by atoms with Crippen LogP contribution in [0.4, 0.5) is 0 Å². The molecule has 0 aliphatic rings. The number of nitrogens with one attached hydrogen (secondary N) is 1. The van der Waals surface area contributed by atoms with Gasteiger partial charge < -0.3 is 5.32 Å². The lowest BCUT2D eigenvalue weighted by Gasteiger charge is -2.20. The summed E-state index contributed by atoms with van der Waals surface area (Å²) in [6.45, 7) is 0.211. The third-order valence-electron chi connectivity index (χ3n) is 3.44. The second-order valence-electron chi connectivity index (χ2n) is 5.03. The van der Waals surface area contributed by atoms with Crippen molar-refractivity contribution >= 4 is 5.91 Å². The fourth-order valence-corrected chi connectivity index (χ4v) is 2.40. The SMILES string of the molecule is O=C(Cn1cccn1)NC(c1ccccc1)c1ccccc1. The lowest BCUT2D eigenvalue weighted by Crippen LogP contribution is -2.32. The molecule has 22 heavy (non-hydrogen) atoms. The van der Waals surface area contributed by atoms with Crippen LogP contribution in [0, 0.1) is 0 Å². The lowest BCUT2D eigenvalue weighted by atomic mass is 9.99. The highest BCUT2D eigenvalue weighted by molar-refractivity contribution is 5.76. The maximum absolute atomic E-state index is 12.3. The fraction of sp³-hybridized carbons (Fsp3) is 0.111. The Labute approximate surface area is 129 Å². The van der Waals surface area contributed by atoms with Crippen LogP contribution in [0.5, 0.6) is 0 Å². The molecule has 1 heterocycles. The van der Waals surface area contributed by atoms with Crippen molar-refractivity contribution in [2.75, 3.05) is 0 Å². The highest BCUT2D eigenvalue weighted by Crippen LogP contribution is 2.21. The summed E-state index contributed by atoms with van der Waals surface area (Å²) in [4.78, 5) is 12.3. The summed E-state index contributed by atoms with van der Waals surface area (Å²) >= 11 is 0. The van der Waals surface area contributed by atoms with Gasteiger partial charge in [0.05, 0.1) is 6.04 Å². The zero-order chi connectivity index (χ0) is 15.2. The zero-order valence-corrected chi connectivity index (χ0v) is 12.1.